The van der Waals surface area contributed by atoms with Gasteiger partial charge in [0, 0.05) is 49.0 Å². The summed E-state index contributed by atoms with van der Waals surface area (Å²) >= 11 is 3.14. The Kier molecular flexibility index (Phi) is 6.10. The number of aromatic nitrogens is 1. The van der Waals surface area contributed by atoms with Gasteiger partial charge in [-0.05, 0) is 49.5 Å². The van der Waals surface area contributed by atoms with Crippen LogP contribution in [0.15, 0.2) is 42.0 Å². The average Bonchev–Trinajstić information content (AvgIpc) is 3.35. The lowest BCUT2D eigenvalue weighted by Gasteiger charge is -2.38. The van der Waals surface area contributed by atoms with Gasteiger partial charge in [-0.15, -0.1) is 22.7 Å². The van der Waals surface area contributed by atoms with Crippen molar-refractivity contribution in [3.63, 3.8) is 0 Å². The van der Waals surface area contributed by atoms with Crippen molar-refractivity contribution in [3.05, 3.63) is 68.5 Å². The number of thiophene rings is 2. The Morgan fingerprint density at radius 3 is 2.62 bits per heavy atom. The van der Waals surface area contributed by atoms with E-state index in [1.807, 2.05) is 36.0 Å². The van der Waals surface area contributed by atoms with Crippen molar-refractivity contribution in [2.45, 2.75) is 19.9 Å². The van der Waals surface area contributed by atoms with Crippen LogP contribution in [-0.2, 0) is 0 Å². The van der Waals surface area contributed by atoms with Gasteiger partial charge in [-0.1, -0.05) is 12.1 Å². The average molecular weight is 427 g/mol. The summed E-state index contributed by atoms with van der Waals surface area (Å²) in [6.07, 6.45) is 3.77. The zero-order valence-electron chi connectivity index (χ0n) is 17.0. The second-order valence-electron chi connectivity index (χ2n) is 7.49. The van der Waals surface area contributed by atoms with Crippen LogP contribution >= 0.6 is 22.7 Å². The van der Waals surface area contributed by atoms with Crippen LogP contribution in [0.5, 0.6) is 0 Å². The second-order valence-corrected chi connectivity index (χ2v) is 9.66. The van der Waals surface area contributed by atoms with Crippen LogP contribution in [0.2, 0.25) is 0 Å². The number of pyridine rings is 1. The number of likely N-dealkylation sites (N-methyl/N-ethyl adjacent to an activating group) is 1. The summed E-state index contributed by atoms with van der Waals surface area (Å²) in [4.78, 5) is 24.0. The first-order chi connectivity index (χ1) is 14.0. The van der Waals surface area contributed by atoms with Gasteiger partial charge in [-0.2, -0.15) is 0 Å². The highest BCUT2D eigenvalue weighted by molar-refractivity contribution is 7.17. The summed E-state index contributed by atoms with van der Waals surface area (Å²) in [5, 5.41) is 6.09. The van der Waals surface area contributed by atoms with Gasteiger partial charge in [-0.3, -0.25) is 14.7 Å². The van der Waals surface area contributed by atoms with Gasteiger partial charge in [0.25, 0.3) is 5.91 Å². The van der Waals surface area contributed by atoms with Crippen LogP contribution in [-0.4, -0.2) is 53.9 Å². The van der Waals surface area contributed by atoms with Crippen LogP contribution < -0.4 is 5.32 Å². The molecule has 1 saturated heterocycles. The molecule has 1 aliphatic rings. The zero-order chi connectivity index (χ0) is 20.4. The molecule has 0 saturated carbocycles. The molecule has 4 rings (SSSR count). The van der Waals surface area contributed by atoms with E-state index in [4.69, 9.17) is 0 Å². The molecule has 152 valence electrons. The molecule has 4 heterocycles. The molecule has 3 aromatic heterocycles. The monoisotopic (exact) mass is 426 g/mol. The van der Waals surface area contributed by atoms with Crippen LogP contribution in [0.3, 0.4) is 0 Å². The molecule has 1 N–H and O–H groups in total. The first kappa shape index (κ1) is 20.2. The molecule has 0 spiro atoms. The number of rotatable bonds is 5. The smallest absolute Gasteiger partial charge is 0.266 e. The molecular weight excluding hydrogens is 400 g/mol. The number of carbonyl (C=O) groups excluding carboxylic acids is 1. The van der Waals surface area contributed by atoms with E-state index in [2.05, 4.69) is 47.1 Å². The summed E-state index contributed by atoms with van der Waals surface area (Å²) in [5.41, 5.74) is 3.63. The largest absolute Gasteiger partial charge is 0.313 e. The molecule has 1 amide bonds. The highest BCUT2D eigenvalue weighted by Crippen LogP contribution is 2.42. The highest BCUT2D eigenvalue weighted by atomic mass is 32.1. The number of aryl methyl sites for hydroxylation is 1. The molecule has 0 radical (unpaired) electrons. The predicted molar refractivity (Wildman–Crippen MR) is 121 cm³/mol. The fourth-order valence-corrected chi connectivity index (χ4v) is 5.52. The minimum absolute atomic E-state index is 0.0363. The Balaban J connectivity index is 1.75. The summed E-state index contributed by atoms with van der Waals surface area (Å²) in [5.74, 6) is -0.0363. The van der Waals surface area contributed by atoms with Gasteiger partial charge >= 0.3 is 0 Å². The molecule has 0 unspecified atom stereocenters. The summed E-state index contributed by atoms with van der Waals surface area (Å²) in [6, 6.07) is 8.01. The van der Waals surface area contributed by atoms with Crippen molar-refractivity contribution in [1.29, 1.82) is 0 Å². The van der Waals surface area contributed by atoms with Crippen LogP contribution in [0.4, 0.5) is 5.00 Å². The Hall–Kier alpha value is -2.06. The minimum atomic E-state index is -0.0363. The van der Waals surface area contributed by atoms with Gasteiger partial charge in [-0.25, -0.2) is 0 Å². The highest BCUT2D eigenvalue weighted by Gasteiger charge is 2.31. The molecule has 0 aliphatic carbocycles. The molecular formula is C22H26N4OS2. The first-order valence-corrected chi connectivity index (χ1v) is 11.5. The second kappa shape index (κ2) is 8.75. The quantitative estimate of drug-likeness (QED) is 0.657. The Morgan fingerprint density at radius 1 is 1.17 bits per heavy atom. The maximum Gasteiger partial charge on any atom is 0.266 e. The number of carbonyl (C=O) groups is 1. The Morgan fingerprint density at radius 2 is 1.97 bits per heavy atom. The predicted octanol–water partition coefficient (Wildman–Crippen LogP) is 4.41. The topological polar surface area (TPSA) is 48.5 Å². The first-order valence-electron chi connectivity index (χ1n) is 9.82. The number of hydrogen-bond donors (Lipinski definition) is 1. The third-order valence-electron chi connectivity index (χ3n) is 5.58. The fraction of sp³-hybridized carbons (Fsp3) is 0.364. The summed E-state index contributed by atoms with van der Waals surface area (Å²) < 4.78 is 0. The van der Waals surface area contributed by atoms with Crippen molar-refractivity contribution in [3.8, 4) is 0 Å². The van der Waals surface area contributed by atoms with Crippen molar-refractivity contribution in [2.75, 3.05) is 38.5 Å². The number of nitrogens with one attached hydrogen (secondary N) is 1. The lowest BCUT2D eigenvalue weighted by Crippen LogP contribution is -2.46. The molecule has 1 aliphatic heterocycles. The van der Waals surface area contributed by atoms with E-state index < -0.39 is 0 Å². The molecule has 29 heavy (non-hydrogen) atoms. The van der Waals surface area contributed by atoms with Crippen molar-refractivity contribution >= 4 is 33.6 Å². The van der Waals surface area contributed by atoms with Crippen LogP contribution in [0, 0.1) is 13.8 Å². The molecule has 0 bridgehead atoms. The van der Waals surface area contributed by atoms with Crippen molar-refractivity contribution in [1.82, 2.24) is 14.8 Å². The summed E-state index contributed by atoms with van der Waals surface area (Å²) in [7, 11) is 2.17. The molecule has 1 fully saturated rings. The van der Waals surface area contributed by atoms with Gasteiger partial charge in [0.1, 0.15) is 5.00 Å². The van der Waals surface area contributed by atoms with E-state index in [-0.39, 0.29) is 11.9 Å². The lowest BCUT2D eigenvalue weighted by atomic mass is 9.95. The number of anilines is 1. The van der Waals surface area contributed by atoms with Crippen molar-refractivity contribution in [2.24, 2.45) is 0 Å². The number of hydrogen-bond acceptors (Lipinski definition) is 6. The van der Waals surface area contributed by atoms with E-state index in [1.54, 1.807) is 11.3 Å². The number of piperazine rings is 1. The van der Waals surface area contributed by atoms with E-state index >= 15 is 0 Å². The van der Waals surface area contributed by atoms with Gasteiger partial charge < -0.3 is 10.2 Å². The van der Waals surface area contributed by atoms with Gasteiger partial charge in [0.15, 0.2) is 0 Å². The lowest BCUT2D eigenvalue weighted by molar-refractivity contribution is 0.103. The Bertz CT molecular complexity index is 960. The Labute approximate surface area is 180 Å². The molecule has 0 aromatic carbocycles. The third kappa shape index (κ3) is 4.28. The molecule has 7 heteroatoms. The van der Waals surface area contributed by atoms with Gasteiger partial charge in [0.05, 0.1) is 10.9 Å². The SMILES string of the molecule is Cc1sc(NC(=O)c2cccs2)c([C@@H](c2cccnc2)N2CCN(C)CC2)c1C. The zero-order valence-corrected chi connectivity index (χ0v) is 18.6. The normalized spacial score (nSPS) is 16.7. The van der Waals surface area contributed by atoms with E-state index in [9.17, 15) is 4.79 Å². The number of nitrogens with zero attached hydrogens (tertiary/aromatic N) is 3. The maximum atomic E-state index is 12.8. The van der Waals surface area contributed by atoms with E-state index in [0.29, 0.717) is 0 Å². The maximum absolute atomic E-state index is 12.8. The van der Waals surface area contributed by atoms with Crippen molar-refractivity contribution < 1.29 is 4.79 Å². The molecule has 3 aromatic rings. The van der Waals surface area contributed by atoms with E-state index in [0.717, 1.165) is 36.1 Å². The fourth-order valence-electron chi connectivity index (χ4n) is 3.82. The minimum Gasteiger partial charge on any atom is -0.313 e. The standard InChI is InChI=1S/C22H26N4OS2/c1-15-16(2)29-22(24-21(27)18-7-5-13-28-18)19(15)20(17-6-4-8-23-14-17)26-11-9-25(3)10-12-26/h4-8,13-14,20H,9-12H2,1-3H3,(H,24,27)/t20-/m1/s1. The number of amides is 1. The molecule has 1 atom stereocenters. The van der Waals surface area contributed by atoms with Gasteiger partial charge in [0.2, 0.25) is 0 Å². The summed E-state index contributed by atoms with van der Waals surface area (Å²) in [6.45, 7) is 8.35. The third-order valence-corrected chi connectivity index (χ3v) is 7.59. The van der Waals surface area contributed by atoms with Crippen LogP contribution in [0.1, 0.15) is 37.3 Å². The van der Waals surface area contributed by atoms with Crippen LogP contribution in [0.25, 0.3) is 0 Å². The van der Waals surface area contributed by atoms with E-state index in [1.165, 1.54) is 32.9 Å². The molecule has 5 nitrogen and oxygen atoms in total.